The Hall–Kier alpha value is -1.06. The van der Waals surface area contributed by atoms with Crippen LogP contribution in [0.4, 0.5) is 0 Å². The van der Waals surface area contributed by atoms with Gasteiger partial charge in [0.25, 0.3) is 0 Å². The average molecular weight is 270 g/mol. The number of carbonyl (C=O) groups excluding carboxylic acids is 2. The molecule has 1 saturated carbocycles. The molecule has 1 rings (SSSR count). The van der Waals surface area contributed by atoms with Gasteiger partial charge in [-0.2, -0.15) is 0 Å². The van der Waals surface area contributed by atoms with E-state index in [2.05, 4.69) is 20.8 Å². The molecule has 0 bridgehead atoms. The van der Waals surface area contributed by atoms with Crippen molar-refractivity contribution < 1.29 is 19.1 Å². The van der Waals surface area contributed by atoms with Gasteiger partial charge in [-0.25, -0.2) is 4.79 Å². The normalized spacial score (nSPS) is 26.3. The van der Waals surface area contributed by atoms with Crippen LogP contribution in [0, 0.1) is 11.3 Å². The van der Waals surface area contributed by atoms with Crippen molar-refractivity contribution in [3.05, 3.63) is 0 Å². The lowest BCUT2D eigenvalue weighted by Gasteiger charge is -2.28. The molecule has 0 saturated heterocycles. The first-order valence-corrected chi connectivity index (χ1v) is 7.19. The zero-order valence-corrected chi connectivity index (χ0v) is 12.5. The summed E-state index contributed by atoms with van der Waals surface area (Å²) in [4.78, 5) is 22.7. The molecular formula is C15H26O4. The highest BCUT2D eigenvalue weighted by Crippen LogP contribution is 2.37. The molecule has 0 heterocycles. The lowest BCUT2D eigenvalue weighted by molar-refractivity contribution is -0.164. The molecule has 0 unspecified atom stereocenters. The van der Waals surface area contributed by atoms with Gasteiger partial charge in [-0.1, -0.05) is 34.1 Å². The van der Waals surface area contributed by atoms with E-state index in [1.54, 1.807) is 6.92 Å². The van der Waals surface area contributed by atoms with E-state index in [1.165, 1.54) is 6.42 Å². The minimum absolute atomic E-state index is 0.0645. The summed E-state index contributed by atoms with van der Waals surface area (Å²) in [5.74, 6) is -0.435. The fourth-order valence-electron chi connectivity index (χ4n) is 2.54. The first-order valence-electron chi connectivity index (χ1n) is 7.19. The quantitative estimate of drug-likeness (QED) is 0.582. The lowest BCUT2D eigenvalue weighted by atomic mass is 9.83. The highest BCUT2D eigenvalue weighted by molar-refractivity contribution is 5.76. The predicted octanol–water partition coefficient (Wildman–Crippen LogP) is 3.09. The fraction of sp³-hybridized carbons (Fsp3) is 0.867. The predicted molar refractivity (Wildman–Crippen MR) is 72.5 cm³/mol. The van der Waals surface area contributed by atoms with Crippen molar-refractivity contribution in [2.75, 3.05) is 6.61 Å². The van der Waals surface area contributed by atoms with Crippen molar-refractivity contribution in [2.45, 2.75) is 65.9 Å². The maximum absolute atomic E-state index is 11.7. The van der Waals surface area contributed by atoms with Crippen LogP contribution in [0.5, 0.6) is 0 Å². The van der Waals surface area contributed by atoms with Crippen LogP contribution in [0.25, 0.3) is 0 Å². The van der Waals surface area contributed by atoms with Gasteiger partial charge in [-0.05, 0) is 30.6 Å². The zero-order chi connectivity index (χ0) is 14.5. The lowest BCUT2D eigenvalue weighted by Crippen LogP contribution is -2.30. The Morgan fingerprint density at radius 2 is 1.95 bits per heavy atom. The Labute approximate surface area is 115 Å². The largest absolute Gasteiger partial charge is 0.460 e. The fourth-order valence-corrected chi connectivity index (χ4v) is 2.54. The SMILES string of the molecule is CCC(=O)OCC(=O)O[C@H]1CC(C)(C)CCC[C@@H]1C. The molecule has 0 aromatic heterocycles. The molecule has 110 valence electrons. The van der Waals surface area contributed by atoms with Crippen LogP contribution in [0.2, 0.25) is 0 Å². The van der Waals surface area contributed by atoms with E-state index in [9.17, 15) is 9.59 Å². The van der Waals surface area contributed by atoms with E-state index in [-0.39, 0.29) is 30.5 Å². The molecule has 0 amide bonds. The van der Waals surface area contributed by atoms with Crippen molar-refractivity contribution in [1.82, 2.24) is 0 Å². The van der Waals surface area contributed by atoms with Gasteiger partial charge in [-0.15, -0.1) is 0 Å². The number of hydrogen-bond donors (Lipinski definition) is 0. The van der Waals surface area contributed by atoms with Crippen molar-refractivity contribution in [2.24, 2.45) is 11.3 Å². The van der Waals surface area contributed by atoms with Gasteiger partial charge < -0.3 is 9.47 Å². The third kappa shape index (κ3) is 5.62. The maximum Gasteiger partial charge on any atom is 0.344 e. The maximum atomic E-state index is 11.7. The minimum atomic E-state index is -0.434. The Morgan fingerprint density at radius 3 is 2.58 bits per heavy atom. The molecule has 2 atom stereocenters. The summed E-state index contributed by atoms with van der Waals surface area (Å²) in [5.41, 5.74) is 0.204. The summed E-state index contributed by atoms with van der Waals surface area (Å²) in [6, 6.07) is 0. The summed E-state index contributed by atoms with van der Waals surface area (Å²) in [5, 5.41) is 0. The standard InChI is InChI=1S/C15H26O4/c1-5-13(16)18-10-14(17)19-12-9-15(3,4)8-6-7-11(12)2/h11-12H,5-10H2,1-4H3/t11-,12-/m0/s1. The smallest absolute Gasteiger partial charge is 0.344 e. The Morgan fingerprint density at radius 1 is 1.26 bits per heavy atom. The number of esters is 2. The third-order valence-corrected chi connectivity index (χ3v) is 3.82. The van der Waals surface area contributed by atoms with E-state index in [1.807, 2.05) is 0 Å². The van der Waals surface area contributed by atoms with E-state index < -0.39 is 5.97 Å². The molecule has 1 fully saturated rings. The van der Waals surface area contributed by atoms with Crippen LogP contribution in [0.3, 0.4) is 0 Å². The van der Waals surface area contributed by atoms with Crippen LogP contribution < -0.4 is 0 Å². The first-order chi connectivity index (χ1) is 8.84. The molecule has 19 heavy (non-hydrogen) atoms. The third-order valence-electron chi connectivity index (χ3n) is 3.82. The second kappa shape index (κ2) is 6.92. The molecule has 4 heteroatoms. The van der Waals surface area contributed by atoms with Gasteiger partial charge in [0.2, 0.25) is 0 Å². The first kappa shape index (κ1) is 16.0. The van der Waals surface area contributed by atoms with Crippen LogP contribution >= 0.6 is 0 Å². The number of ether oxygens (including phenoxy) is 2. The number of carbonyl (C=O) groups is 2. The van der Waals surface area contributed by atoms with Crippen molar-refractivity contribution >= 4 is 11.9 Å². The Kier molecular flexibility index (Phi) is 5.83. The second-order valence-electron chi connectivity index (χ2n) is 6.28. The molecule has 1 aliphatic rings. The molecule has 0 radical (unpaired) electrons. The summed E-state index contributed by atoms with van der Waals surface area (Å²) < 4.78 is 10.3. The van der Waals surface area contributed by atoms with E-state index in [4.69, 9.17) is 9.47 Å². The van der Waals surface area contributed by atoms with E-state index in [0.29, 0.717) is 5.92 Å². The number of hydrogen-bond acceptors (Lipinski definition) is 4. The van der Waals surface area contributed by atoms with Crippen molar-refractivity contribution in [3.8, 4) is 0 Å². The van der Waals surface area contributed by atoms with Crippen LogP contribution in [0.1, 0.15) is 59.8 Å². The van der Waals surface area contributed by atoms with Gasteiger partial charge in [0.1, 0.15) is 6.10 Å². The van der Waals surface area contributed by atoms with Gasteiger partial charge in [0.15, 0.2) is 6.61 Å². The van der Waals surface area contributed by atoms with Crippen LogP contribution in [-0.4, -0.2) is 24.6 Å². The van der Waals surface area contributed by atoms with Gasteiger partial charge >= 0.3 is 11.9 Å². The monoisotopic (exact) mass is 270 g/mol. The minimum Gasteiger partial charge on any atom is -0.460 e. The Balaban J connectivity index is 2.48. The summed E-state index contributed by atoms with van der Waals surface area (Å²) in [6.07, 6.45) is 4.51. The highest BCUT2D eigenvalue weighted by atomic mass is 16.6. The van der Waals surface area contributed by atoms with Gasteiger partial charge in [0.05, 0.1) is 0 Å². The van der Waals surface area contributed by atoms with Gasteiger partial charge in [-0.3, -0.25) is 4.79 Å². The van der Waals surface area contributed by atoms with E-state index in [0.717, 1.165) is 19.3 Å². The topological polar surface area (TPSA) is 52.6 Å². The van der Waals surface area contributed by atoms with Crippen molar-refractivity contribution in [3.63, 3.8) is 0 Å². The molecule has 0 aliphatic heterocycles. The Bertz CT molecular complexity index is 322. The summed E-state index contributed by atoms with van der Waals surface area (Å²) >= 11 is 0. The van der Waals surface area contributed by atoms with Crippen LogP contribution in [0.15, 0.2) is 0 Å². The average Bonchev–Trinajstić information content (AvgIpc) is 2.45. The molecule has 0 spiro atoms. The highest BCUT2D eigenvalue weighted by Gasteiger charge is 2.32. The summed E-state index contributed by atoms with van der Waals surface area (Å²) in [6.45, 7) is 7.98. The van der Waals surface area contributed by atoms with Crippen LogP contribution in [-0.2, 0) is 19.1 Å². The molecule has 4 nitrogen and oxygen atoms in total. The van der Waals surface area contributed by atoms with Gasteiger partial charge in [0, 0.05) is 6.42 Å². The molecular weight excluding hydrogens is 244 g/mol. The molecule has 0 N–H and O–H groups in total. The number of rotatable bonds is 4. The second-order valence-corrected chi connectivity index (χ2v) is 6.28. The molecule has 1 aliphatic carbocycles. The molecule has 0 aromatic rings. The zero-order valence-electron chi connectivity index (χ0n) is 12.5. The molecule has 0 aromatic carbocycles. The summed E-state index contributed by atoms with van der Waals surface area (Å²) in [7, 11) is 0. The van der Waals surface area contributed by atoms with E-state index >= 15 is 0 Å². The van der Waals surface area contributed by atoms with Crippen molar-refractivity contribution in [1.29, 1.82) is 0 Å².